The lowest BCUT2D eigenvalue weighted by Gasteiger charge is -2.32. The quantitative estimate of drug-likeness (QED) is 0.391. The summed E-state index contributed by atoms with van der Waals surface area (Å²) in [5.74, 6) is -1.08. The molecule has 0 spiro atoms. The van der Waals surface area contributed by atoms with Gasteiger partial charge in [0.15, 0.2) is 0 Å². The van der Waals surface area contributed by atoms with Crippen LogP contribution in [0.15, 0.2) is 30.6 Å². The van der Waals surface area contributed by atoms with Crippen LogP contribution in [0.4, 0.5) is 5.69 Å². The highest BCUT2D eigenvalue weighted by molar-refractivity contribution is 5.99. The van der Waals surface area contributed by atoms with E-state index in [0.717, 1.165) is 6.07 Å². The molecule has 3 rings (SSSR count). The predicted molar refractivity (Wildman–Crippen MR) is 113 cm³/mol. The number of nitro benzene ring substituents is 1. The Bertz CT molecular complexity index is 1030. The Kier molecular flexibility index (Phi) is 7.18. The summed E-state index contributed by atoms with van der Waals surface area (Å²) in [7, 11) is 1.74. The first-order valence-corrected chi connectivity index (χ1v) is 10.3. The van der Waals surface area contributed by atoms with Gasteiger partial charge in [-0.1, -0.05) is 0 Å². The molecule has 0 saturated carbocycles. The number of nitro groups is 1. The molecule has 1 N–H and O–H groups in total. The third kappa shape index (κ3) is 5.48. The maximum absolute atomic E-state index is 12.9. The van der Waals surface area contributed by atoms with Crippen molar-refractivity contribution in [3.63, 3.8) is 0 Å². The molecule has 32 heavy (non-hydrogen) atoms. The van der Waals surface area contributed by atoms with Crippen LogP contribution in [0.5, 0.6) is 0 Å². The molecule has 1 aliphatic rings. The summed E-state index contributed by atoms with van der Waals surface area (Å²) in [6, 6.07) is 3.60. The number of carbonyl (C=O) groups excluding carboxylic acids is 3. The molecule has 1 aliphatic heterocycles. The van der Waals surface area contributed by atoms with Crippen molar-refractivity contribution in [1.82, 2.24) is 20.0 Å². The van der Waals surface area contributed by atoms with Gasteiger partial charge in [-0.05, 0) is 31.7 Å². The maximum Gasteiger partial charge on any atom is 0.338 e. The average molecular weight is 443 g/mol. The van der Waals surface area contributed by atoms with Gasteiger partial charge in [-0.3, -0.25) is 24.4 Å². The number of hydrogen-bond acceptors (Lipinski definition) is 7. The van der Waals surface area contributed by atoms with Crippen molar-refractivity contribution in [3.8, 4) is 0 Å². The zero-order valence-electron chi connectivity index (χ0n) is 17.9. The highest BCUT2D eigenvalue weighted by Crippen LogP contribution is 2.23. The third-order valence-electron chi connectivity index (χ3n) is 5.31. The Hall–Kier alpha value is -3.76. The number of piperidine rings is 1. The van der Waals surface area contributed by atoms with Crippen molar-refractivity contribution in [2.45, 2.75) is 19.8 Å². The van der Waals surface area contributed by atoms with Crippen LogP contribution >= 0.6 is 0 Å². The van der Waals surface area contributed by atoms with Crippen LogP contribution in [0.3, 0.4) is 0 Å². The maximum atomic E-state index is 12.9. The smallest absolute Gasteiger partial charge is 0.338 e. The SMILES string of the molecule is CCOC(=O)c1cc(C(=O)N2CCC(CNC(=O)c3cnn(C)c3)CC2)cc([N+](=O)[O-])c1. The van der Waals surface area contributed by atoms with E-state index in [1.54, 1.807) is 29.7 Å². The number of benzene rings is 1. The number of carbonyl (C=O) groups is 3. The molecular weight excluding hydrogens is 418 g/mol. The molecule has 1 aromatic carbocycles. The minimum atomic E-state index is -0.715. The van der Waals surface area contributed by atoms with Crippen LogP contribution < -0.4 is 5.32 Å². The van der Waals surface area contributed by atoms with Gasteiger partial charge in [0.05, 0.1) is 28.9 Å². The second kappa shape index (κ2) is 10.0. The van der Waals surface area contributed by atoms with E-state index in [9.17, 15) is 24.5 Å². The molecule has 0 bridgehead atoms. The molecule has 2 aromatic rings. The first-order chi connectivity index (χ1) is 15.3. The van der Waals surface area contributed by atoms with Gasteiger partial charge in [0.1, 0.15) is 0 Å². The van der Waals surface area contributed by atoms with Crippen LogP contribution in [0.2, 0.25) is 0 Å². The monoisotopic (exact) mass is 443 g/mol. The highest BCUT2D eigenvalue weighted by Gasteiger charge is 2.26. The standard InChI is InChI=1S/C21H25N5O6/c1-3-32-21(29)16-8-15(9-18(10-16)26(30)31)20(28)25-6-4-14(5-7-25)11-22-19(27)17-12-23-24(2)13-17/h8-10,12-14H,3-7,11H2,1-2H3,(H,22,27). The van der Waals surface area contributed by atoms with Crippen molar-refractivity contribution in [2.75, 3.05) is 26.2 Å². The van der Waals surface area contributed by atoms with E-state index in [2.05, 4.69) is 10.4 Å². The molecule has 1 aromatic heterocycles. The van der Waals surface area contributed by atoms with Crippen molar-refractivity contribution in [2.24, 2.45) is 13.0 Å². The normalized spacial score (nSPS) is 14.1. The Morgan fingerprint density at radius 2 is 1.88 bits per heavy atom. The second-order valence-electron chi connectivity index (χ2n) is 7.59. The summed E-state index contributed by atoms with van der Waals surface area (Å²) in [5, 5.41) is 18.1. The molecule has 2 amide bonds. The lowest BCUT2D eigenvalue weighted by molar-refractivity contribution is -0.384. The Balaban J connectivity index is 1.60. The number of nitrogens with one attached hydrogen (secondary N) is 1. The zero-order valence-corrected chi connectivity index (χ0v) is 17.9. The Labute approximate surface area is 184 Å². The third-order valence-corrected chi connectivity index (χ3v) is 5.31. The fraction of sp³-hybridized carbons (Fsp3) is 0.429. The number of amides is 2. The highest BCUT2D eigenvalue weighted by atomic mass is 16.6. The molecule has 170 valence electrons. The number of rotatable bonds is 7. The summed E-state index contributed by atoms with van der Waals surface area (Å²) in [6.45, 7) is 3.13. The molecule has 2 heterocycles. The molecule has 0 radical (unpaired) electrons. The minimum absolute atomic E-state index is 0.0302. The number of likely N-dealkylation sites (tertiary alicyclic amines) is 1. The average Bonchev–Trinajstić information content (AvgIpc) is 3.23. The van der Waals surface area contributed by atoms with Gasteiger partial charge in [0.25, 0.3) is 17.5 Å². The molecular formula is C21H25N5O6. The summed E-state index contributed by atoms with van der Waals surface area (Å²) < 4.78 is 6.47. The van der Waals surface area contributed by atoms with Crippen molar-refractivity contribution in [1.29, 1.82) is 0 Å². The number of ether oxygens (including phenoxy) is 1. The fourth-order valence-electron chi connectivity index (χ4n) is 3.57. The van der Waals surface area contributed by atoms with E-state index in [-0.39, 0.29) is 41.2 Å². The lowest BCUT2D eigenvalue weighted by atomic mass is 9.96. The van der Waals surface area contributed by atoms with Gasteiger partial charge in [-0.15, -0.1) is 0 Å². The molecule has 1 saturated heterocycles. The topological polar surface area (TPSA) is 137 Å². The van der Waals surface area contributed by atoms with Gasteiger partial charge in [-0.25, -0.2) is 4.79 Å². The zero-order chi connectivity index (χ0) is 23.3. The van der Waals surface area contributed by atoms with E-state index in [1.165, 1.54) is 18.3 Å². The van der Waals surface area contributed by atoms with Crippen LogP contribution in [-0.2, 0) is 11.8 Å². The van der Waals surface area contributed by atoms with Gasteiger partial charge < -0.3 is 15.0 Å². The first kappa shape index (κ1) is 22.9. The summed E-state index contributed by atoms with van der Waals surface area (Å²) >= 11 is 0. The summed E-state index contributed by atoms with van der Waals surface area (Å²) in [5.41, 5.74) is 0.193. The minimum Gasteiger partial charge on any atom is -0.462 e. The molecule has 11 nitrogen and oxygen atoms in total. The molecule has 0 aliphatic carbocycles. The Morgan fingerprint density at radius 1 is 1.19 bits per heavy atom. The first-order valence-electron chi connectivity index (χ1n) is 10.3. The van der Waals surface area contributed by atoms with Crippen molar-refractivity contribution >= 4 is 23.5 Å². The van der Waals surface area contributed by atoms with Crippen LogP contribution in [0, 0.1) is 16.0 Å². The van der Waals surface area contributed by atoms with Crippen LogP contribution in [-0.4, -0.2) is 63.6 Å². The van der Waals surface area contributed by atoms with E-state index < -0.39 is 10.9 Å². The van der Waals surface area contributed by atoms with Crippen molar-refractivity contribution < 1.29 is 24.0 Å². The predicted octanol–water partition coefficient (Wildman–Crippen LogP) is 1.79. The number of hydrogen-bond donors (Lipinski definition) is 1. The lowest BCUT2D eigenvalue weighted by Crippen LogP contribution is -2.41. The Morgan fingerprint density at radius 3 is 2.47 bits per heavy atom. The largest absolute Gasteiger partial charge is 0.462 e. The van der Waals surface area contributed by atoms with Gasteiger partial charge >= 0.3 is 5.97 Å². The number of esters is 1. The molecule has 11 heteroatoms. The van der Waals surface area contributed by atoms with Crippen LogP contribution in [0.25, 0.3) is 0 Å². The molecule has 0 atom stereocenters. The summed E-state index contributed by atoms with van der Waals surface area (Å²) in [4.78, 5) is 49.3. The molecule has 1 fully saturated rings. The van der Waals surface area contributed by atoms with Crippen molar-refractivity contribution in [3.05, 3.63) is 57.4 Å². The van der Waals surface area contributed by atoms with Gasteiger partial charge in [0.2, 0.25) is 0 Å². The summed E-state index contributed by atoms with van der Waals surface area (Å²) in [6.07, 6.45) is 4.50. The van der Waals surface area contributed by atoms with Gasteiger partial charge in [-0.2, -0.15) is 5.10 Å². The van der Waals surface area contributed by atoms with E-state index >= 15 is 0 Å². The van der Waals surface area contributed by atoms with E-state index in [1.807, 2.05) is 0 Å². The number of aryl methyl sites for hydroxylation is 1. The van der Waals surface area contributed by atoms with Gasteiger partial charge in [0, 0.05) is 50.6 Å². The fourth-order valence-corrected chi connectivity index (χ4v) is 3.57. The number of aromatic nitrogens is 2. The van der Waals surface area contributed by atoms with E-state index in [0.29, 0.717) is 38.0 Å². The van der Waals surface area contributed by atoms with E-state index in [4.69, 9.17) is 4.74 Å². The van der Waals surface area contributed by atoms with Crippen LogP contribution in [0.1, 0.15) is 50.8 Å². The number of nitrogens with zero attached hydrogens (tertiary/aromatic N) is 4. The molecule has 0 unspecified atom stereocenters. The second-order valence-corrected chi connectivity index (χ2v) is 7.59. The number of non-ortho nitro benzene ring substituents is 1.